The van der Waals surface area contributed by atoms with E-state index in [1.807, 2.05) is 33.2 Å². The fourth-order valence-electron chi connectivity index (χ4n) is 4.78. The molecule has 6 nitrogen and oxygen atoms in total. The number of hydrogen-bond acceptors (Lipinski definition) is 5. The maximum absolute atomic E-state index is 5.86. The Morgan fingerprint density at radius 1 is 1.23 bits per heavy atom. The summed E-state index contributed by atoms with van der Waals surface area (Å²) < 4.78 is 5.86. The highest BCUT2D eigenvalue weighted by Gasteiger charge is 2.28. The van der Waals surface area contributed by atoms with Crippen LogP contribution < -0.4 is 25.3 Å². The number of nitrogens with one attached hydrogen (secondary N) is 1. The number of aryl methyl sites for hydroxylation is 1. The van der Waals surface area contributed by atoms with Crippen LogP contribution in [0.2, 0.25) is 0 Å². The van der Waals surface area contributed by atoms with Crippen molar-refractivity contribution in [3.63, 3.8) is 0 Å². The topological polar surface area (TPSA) is 56.7 Å². The molecule has 6 heteroatoms. The van der Waals surface area contributed by atoms with Gasteiger partial charge in [0.2, 0.25) is 0 Å². The number of benzene rings is 2. The third-order valence-corrected chi connectivity index (χ3v) is 6.45. The molecule has 0 fully saturated rings. The molecule has 0 radical (unpaired) electrons. The second kappa shape index (κ2) is 9.02. The van der Waals surface area contributed by atoms with Crippen LogP contribution in [0.15, 0.2) is 47.7 Å². The summed E-state index contributed by atoms with van der Waals surface area (Å²) in [7, 11) is 5.84. The number of rotatable bonds is 7. The highest BCUT2D eigenvalue weighted by molar-refractivity contribution is 6.01. The van der Waals surface area contributed by atoms with Gasteiger partial charge in [-0.05, 0) is 50.3 Å². The van der Waals surface area contributed by atoms with Crippen molar-refractivity contribution < 1.29 is 10.1 Å². The normalized spacial score (nSPS) is 15.4. The van der Waals surface area contributed by atoms with Crippen molar-refractivity contribution in [3.8, 4) is 5.75 Å². The van der Waals surface area contributed by atoms with E-state index in [-0.39, 0.29) is 0 Å². The Labute approximate surface area is 185 Å². The van der Waals surface area contributed by atoms with Crippen molar-refractivity contribution in [2.24, 2.45) is 5.10 Å². The quantitative estimate of drug-likeness (QED) is 0.408. The van der Waals surface area contributed by atoms with Gasteiger partial charge in [-0.15, -0.1) is 0 Å². The van der Waals surface area contributed by atoms with Crippen molar-refractivity contribution in [1.29, 1.82) is 0 Å². The fraction of sp³-hybridized carbons (Fsp3) is 0.400. The van der Waals surface area contributed by atoms with E-state index in [1.54, 1.807) is 7.11 Å². The minimum absolute atomic E-state index is 0.837. The largest absolute Gasteiger partial charge is 0.494 e. The zero-order valence-corrected chi connectivity index (χ0v) is 19.2. The smallest absolute Gasteiger partial charge is 0.153 e. The zero-order chi connectivity index (χ0) is 22.0. The molecule has 0 aliphatic carbocycles. The molecule has 2 heterocycles. The van der Waals surface area contributed by atoms with Gasteiger partial charge in [-0.3, -0.25) is 5.43 Å². The Kier molecular flexibility index (Phi) is 6.18. The fourth-order valence-corrected chi connectivity index (χ4v) is 4.78. The van der Waals surface area contributed by atoms with E-state index in [4.69, 9.17) is 4.74 Å². The summed E-state index contributed by atoms with van der Waals surface area (Å²) >= 11 is 0. The van der Waals surface area contributed by atoms with Crippen LogP contribution in [0, 0.1) is 0 Å². The van der Waals surface area contributed by atoms with E-state index in [9.17, 15) is 0 Å². The predicted molar refractivity (Wildman–Crippen MR) is 130 cm³/mol. The first-order chi connectivity index (χ1) is 15.0. The summed E-state index contributed by atoms with van der Waals surface area (Å²) in [6.45, 7) is 8.57. The van der Waals surface area contributed by atoms with Crippen LogP contribution in [0.3, 0.4) is 0 Å². The molecule has 0 saturated heterocycles. The number of quaternary nitrogens is 1. The van der Waals surface area contributed by atoms with Crippen LogP contribution in [-0.4, -0.2) is 40.0 Å². The molecule has 0 saturated carbocycles. The van der Waals surface area contributed by atoms with Crippen LogP contribution in [-0.2, 0) is 12.8 Å². The Bertz CT molecular complexity index is 1010. The third-order valence-electron chi connectivity index (χ3n) is 6.45. The Morgan fingerprint density at radius 3 is 2.71 bits per heavy atom. The summed E-state index contributed by atoms with van der Waals surface area (Å²) in [6.07, 6.45) is 4.54. The Morgan fingerprint density at radius 2 is 1.97 bits per heavy atom. The highest BCUT2D eigenvalue weighted by atomic mass is 16.5. The number of hydrogen-bond donors (Lipinski definition) is 2. The van der Waals surface area contributed by atoms with Gasteiger partial charge in [0.25, 0.3) is 0 Å². The van der Waals surface area contributed by atoms with Crippen molar-refractivity contribution in [2.75, 3.05) is 49.5 Å². The van der Waals surface area contributed by atoms with Gasteiger partial charge in [-0.2, -0.15) is 5.10 Å². The SMILES string of the molecule is C=C(/C(C)=N/Nc1cc2c3c(c1OC)CCCN3CCC2)N(C)c1ccccc1[NH2+]C. The van der Waals surface area contributed by atoms with Gasteiger partial charge >= 0.3 is 0 Å². The molecule has 2 aromatic carbocycles. The monoisotopic (exact) mass is 420 g/mol. The van der Waals surface area contributed by atoms with Crippen LogP contribution in [0.5, 0.6) is 5.75 Å². The summed E-state index contributed by atoms with van der Waals surface area (Å²) in [5.74, 6) is 0.923. The van der Waals surface area contributed by atoms with Crippen molar-refractivity contribution in [1.82, 2.24) is 0 Å². The van der Waals surface area contributed by atoms with Crippen LogP contribution in [0.4, 0.5) is 22.7 Å². The Balaban J connectivity index is 1.60. The lowest BCUT2D eigenvalue weighted by Gasteiger charge is -2.38. The molecule has 3 N–H and O–H groups in total. The molecule has 2 aliphatic rings. The molecule has 0 atom stereocenters. The first kappa shape index (κ1) is 21.2. The lowest BCUT2D eigenvalue weighted by molar-refractivity contribution is -0.538. The van der Waals surface area contributed by atoms with Crippen molar-refractivity contribution in [3.05, 3.63) is 53.7 Å². The van der Waals surface area contributed by atoms with Gasteiger partial charge in [0.1, 0.15) is 11.4 Å². The summed E-state index contributed by atoms with van der Waals surface area (Å²) in [4.78, 5) is 4.61. The van der Waals surface area contributed by atoms with Crippen LogP contribution in [0.25, 0.3) is 0 Å². The number of methoxy groups -OCH3 is 1. The second-order valence-corrected chi connectivity index (χ2v) is 8.30. The average Bonchev–Trinajstić information content (AvgIpc) is 2.81. The molecule has 0 bridgehead atoms. The molecule has 4 rings (SSSR count). The van der Waals surface area contributed by atoms with E-state index in [0.717, 1.165) is 54.5 Å². The molecular formula is C25H34N5O+. The number of ether oxygens (including phenoxy) is 1. The first-order valence-corrected chi connectivity index (χ1v) is 11.1. The average molecular weight is 421 g/mol. The van der Waals surface area contributed by atoms with E-state index in [1.165, 1.54) is 35.3 Å². The van der Waals surface area contributed by atoms with E-state index >= 15 is 0 Å². The number of para-hydroxylation sites is 2. The van der Waals surface area contributed by atoms with Gasteiger partial charge in [-0.25, -0.2) is 0 Å². The first-order valence-electron chi connectivity index (χ1n) is 11.1. The molecule has 2 aliphatic heterocycles. The predicted octanol–water partition coefficient (Wildman–Crippen LogP) is 3.66. The molecule has 0 amide bonds. The minimum atomic E-state index is 0.837. The second-order valence-electron chi connectivity index (χ2n) is 8.30. The lowest BCUT2D eigenvalue weighted by Crippen LogP contribution is -2.73. The van der Waals surface area contributed by atoms with Crippen molar-refractivity contribution in [2.45, 2.75) is 32.6 Å². The Hall–Kier alpha value is -2.99. The summed E-state index contributed by atoms with van der Waals surface area (Å²) in [6, 6.07) is 10.5. The lowest BCUT2D eigenvalue weighted by atomic mass is 9.90. The van der Waals surface area contributed by atoms with Gasteiger partial charge < -0.3 is 19.9 Å². The molecule has 0 spiro atoms. The summed E-state index contributed by atoms with van der Waals surface area (Å²) in [5.41, 5.74) is 12.3. The summed E-state index contributed by atoms with van der Waals surface area (Å²) in [5, 5.41) is 6.80. The number of nitrogens with zero attached hydrogens (tertiary/aromatic N) is 3. The zero-order valence-electron chi connectivity index (χ0n) is 19.2. The van der Waals surface area contributed by atoms with Crippen LogP contribution in [0.1, 0.15) is 30.9 Å². The van der Waals surface area contributed by atoms with E-state index in [0.29, 0.717) is 0 Å². The molecule has 31 heavy (non-hydrogen) atoms. The van der Waals surface area contributed by atoms with Crippen molar-refractivity contribution >= 4 is 28.5 Å². The molecule has 0 unspecified atom stereocenters. The van der Waals surface area contributed by atoms with Crippen LogP contribution >= 0.6 is 0 Å². The molecular weight excluding hydrogens is 386 g/mol. The molecule has 0 aromatic heterocycles. The molecule has 164 valence electrons. The number of hydrazone groups is 1. The van der Waals surface area contributed by atoms with E-state index < -0.39 is 0 Å². The number of anilines is 3. The highest BCUT2D eigenvalue weighted by Crippen LogP contribution is 2.44. The third kappa shape index (κ3) is 4.00. The van der Waals surface area contributed by atoms with Gasteiger partial charge in [0, 0.05) is 37.5 Å². The van der Waals surface area contributed by atoms with Gasteiger partial charge in [0.15, 0.2) is 5.69 Å². The number of allylic oxidation sites excluding steroid dienone is 1. The minimum Gasteiger partial charge on any atom is -0.494 e. The maximum Gasteiger partial charge on any atom is 0.153 e. The maximum atomic E-state index is 5.86. The van der Waals surface area contributed by atoms with Gasteiger partial charge in [-0.1, -0.05) is 18.7 Å². The number of nitrogens with two attached hydrogens (primary N) is 1. The van der Waals surface area contributed by atoms with E-state index in [2.05, 4.69) is 50.4 Å². The van der Waals surface area contributed by atoms with Gasteiger partial charge in [0.05, 0.1) is 31.3 Å². The standard InChI is InChI=1S/C25H33N5O/c1-17(18(2)29(4)23-13-7-6-12-21(23)26-3)27-28-22-16-19-10-8-14-30-15-9-11-20(24(19)30)25(22)31-5/h6-7,12-13,16,26,28H,2,8-11,14-15H2,1,3-5H3/p+1/b27-17+. The molecule has 2 aromatic rings.